The van der Waals surface area contributed by atoms with Gasteiger partial charge in [0.1, 0.15) is 23.7 Å². The van der Waals surface area contributed by atoms with E-state index in [-0.39, 0.29) is 12.8 Å². The molecule has 0 heterocycles. The molecule has 2 aromatic rings. The van der Waals surface area contributed by atoms with Crippen molar-refractivity contribution in [3.05, 3.63) is 59.7 Å². The summed E-state index contributed by atoms with van der Waals surface area (Å²) in [6.45, 7) is 0. The lowest BCUT2D eigenvalue weighted by molar-refractivity contribution is -0.104. The maximum Gasteiger partial charge on any atom is 0.118 e. The monoisotopic (exact) mass is 362 g/mol. The van der Waals surface area contributed by atoms with Crippen molar-refractivity contribution in [3.63, 3.8) is 0 Å². The molecule has 0 bridgehead atoms. The highest BCUT2D eigenvalue weighted by atomic mass is 16.5. The molecule has 2 unspecified atom stereocenters. The molecule has 0 aliphatic carbocycles. The van der Waals surface area contributed by atoms with Gasteiger partial charge in [0.2, 0.25) is 0 Å². The van der Waals surface area contributed by atoms with Gasteiger partial charge in [0.25, 0.3) is 0 Å². The molecular formula is C20H26O6. The van der Waals surface area contributed by atoms with Crippen LogP contribution >= 0.6 is 0 Å². The van der Waals surface area contributed by atoms with Crippen molar-refractivity contribution < 1.29 is 29.9 Å². The Morgan fingerprint density at radius 1 is 0.615 bits per heavy atom. The molecule has 0 saturated heterocycles. The van der Waals surface area contributed by atoms with Crippen LogP contribution < -0.4 is 9.47 Å². The van der Waals surface area contributed by atoms with Gasteiger partial charge in [-0.15, -0.1) is 0 Å². The molecule has 2 aromatic carbocycles. The predicted octanol–water partition coefficient (Wildman–Crippen LogP) is 0.933. The van der Waals surface area contributed by atoms with Crippen LogP contribution in [0.15, 0.2) is 48.5 Å². The minimum atomic E-state index is -1.47. The van der Waals surface area contributed by atoms with Gasteiger partial charge < -0.3 is 29.9 Å². The van der Waals surface area contributed by atoms with Crippen LogP contribution in [0.3, 0.4) is 0 Å². The highest BCUT2D eigenvalue weighted by Crippen LogP contribution is 2.18. The van der Waals surface area contributed by atoms with Crippen molar-refractivity contribution in [1.29, 1.82) is 0 Å². The van der Waals surface area contributed by atoms with Crippen LogP contribution in [-0.2, 0) is 12.8 Å². The van der Waals surface area contributed by atoms with Crippen LogP contribution in [0.5, 0.6) is 11.5 Å². The molecule has 6 heteroatoms. The van der Waals surface area contributed by atoms with Crippen LogP contribution in [0.4, 0.5) is 0 Å². The van der Waals surface area contributed by atoms with E-state index in [9.17, 15) is 20.4 Å². The molecule has 142 valence electrons. The van der Waals surface area contributed by atoms with Crippen molar-refractivity contribution in [3.8, 4) is 11.5 Å². The van der Waals surface area contributed by atoms with Crippen LogP contribution in [0.1, 0.15) is 11.1 Å². The van der Waals surface area contributed by atoms with Gasteiger partial charge in [-0.3, -0.25) is 0 Å². The van der Waals surface area contributed by atoms with E-state index in [0.717, 1.165) is 11.1 Å². The molecule has 26 heavy (non-hydrogen) atoms. The molecule has 0 radical (unpaired) electrons. The largest absolute Gasteiger partial charge is 0.497 e. The summed E-state index contributed by atoms with van der Waals surface area (Å²) in [7, 11) is 3.13. The number of hydrogen-bond acceptors (Lipinski definition) is 6. The number of hydrogen-bond donors (Lipinski definition) is 4. The summed E-state index contributed by atoms with van der Waals surface area (Å²) in [4.78, 5) is 0. The standard InChI is InChI=1S/C20H26O6/c1-25-15-7-3-13(4-8-15)11-17(21)19(23)20(24)18(22)12-14-5-9-16(26-2)10-6-14/h3-10,17-24H,11-12H2,1-2H3/t17?,18?,19-,20+. The van der Waals surface area contributed by atoms with Crippen molar-refractivity contribution in [2.45, 2.75) is 37.3 Å². The first-order valence-corrected chi connectivity index (χ1v) is 8.42. The summed E-state index contributed by atoms with van der Waals surface area (Å²) < 4.78 is 10.1. The minimum absolute atomic E-state index is 0.150. The highest BCUT2D eigenvalue weighted by Gasteiger charge is 2.30. The molecule has 0 aromatic heterocycles. The molecule has 0 saturated carbocycles. The minimum Gasteiger partial charge on any atom is -0.497 e. The van der Waals surface area contributed by atoms with E-state index in [2.05, 4.69) is 0 Å². The lowest BCUT2D eigenvalue weighted by atomic mass is 9.94. The third-order valence-corrected chi connectivity index (χ3v) is 4.35. The van der Waals surface area contributed by atoms with E-state index in [1.54, 1.807) is 62.8 Å². The number of ether oxygens (including phenoxy) is 2. The zero-order valence-electron chi connectivity index (χ0n) is 14.9. The molecule has 4 N–H and O–H groups in total. The zero-order valence-corrected chi connectivity index (χ0v) is 14.9. The third kappa shape index (κ3) is 5.44. The first kappa shape index (κ1) is 20.2. The fraction of sp³-hybridized carbons (Fsp3) is 0.400. The number of aliphatic hydroxyl groups is 4. The summed E-state index contributed by atoms with van der Waals surface area (Å²) in [6, 6.07) is 14.1. The Hall–Kier alpha value is -2.12. The average molecular weight is 362 g/mol. The van der Waals surface area contributed by atoms with Crippen LogP contribution in [-0.4, -0.2) is 59.1 Å². The smallest absolute Gasteiger partial charge is 0.118 e. The molecule has 4 atom stereocenters. The van der Waals surface area contributed by atoms with Crippen molar-refractivity contribution >= 4 is 0 Å². The number of methoxy groups -OCH3 is 2. The molecular weight excluding hydrogens is 336 g/mol. The fourth-order valence-electron chi connectivity index (χ4n) is 2.70. The highest BCUT2D eigenvalue weighted by molar-refractivity contribution is 5.28. The van der Waals surface area contributed by atoms with Crippen molar-refractivity contribution in [1.82, 2.24) is 0 Å². The van der Waals surface area contributed by atoms with Gasteiger partial charge in [0.15, 0.2) is 0 Å². The lowest BCUT2D eigenvalue weighted by Gasteiger charge is -2.26. The van der Waals surface area contributed by atoms with Crippen LogP contribution in [0.25, 0.3) is 0 Å². The lowest BCUT2D eigenvalue weighted by Crippen LogP contribution is -2.46. The Morgan fingerprint density at radius 2 is 0.923 bits per heavy atom. The summed E-state index contributed by atoms with van der Waals surface area (Å²) in [5, 5.41) is 40.7. The second-order valence-electron chi connectivity index (χ2n) is 6.22. The zero-order chi connectivity index (χ0) is 19.1. The van der Waals surface area contributed by atoms with E-state index < -0.39 is 24.4 Å². The molecule has 0 amide bonds. The van der Waals surface area contributed by atoms with Gasteiger partial charge in [-0.2, -0.15) is 0 Å². The Labute approximate surface area is 153 Å². The summed E-state index contributed by atoms with van der Waals surface area (Å²) >= 11 is 0. The summed E-state index contributed by atoms with van der Waals surface area (Å²) in [6.07, 6.45) is -5.04. The van der Waals surface area contributed by atoms with Crippen molar-refractivity contribution in [2.75, 3.05) is 14.2 Å². The fourth-order valence-corrected chi connectivity index (χ4v) is 2.70. The van der Waals surface area contributed by atoms with Gasteiger partial charge in [0, 0.05) is 12.8 Å². The normalized spacial score (nSPS) is 15.8. The molecule has 0 fully saturated rings. The molecule has 2 rings (SSSR count). The van der Waals surface area contributed by atoms with Gasteiger partial charge >= 0.3 is 0 Å². The van der Waals surface area contributed by atoms with Gasteiger partial charge in [0.05, 0.1) is 26.4 Å². The van der Waals surface area contributed by atoms with Crippen molar-refractivity contribution in [2.24, 2.45) is 0 Å². The van der Waals surface area contributed by atoms with Crippen LogP contribution in [0.2, 0.25) is 0 Å². The van der Waals surface area contributed by atoms with E-state index >= 15 is 0 Å². The van der Waals surface area contributed by atoms with Gasteiger partial charge in [-0.25, -0.2) is 0 Å². The van der Waals surface area contributed by atoms with E-state index in [4.69, 9.17) is 9.47 Å². The Morgan fingerprint density at radius 3 is 1.19 bits per heavy atom. The number of rotatable bonds is 9. The van der Waals surface area contributed by atoms with E-state index in [1.165, 1.54) is 0 Å². The van der Waals surface area contributed by atoms with E-state index in [0.29, 0.717) is 11.5 Å². The van der Waals surface area contributed by atoms with Crippen LogP contribution in [0, 0.1) is 0 Å². The quantitative estimate of drug-likeness (QED) is 0.530. The number of benzene rings is 2. The Balaban J connectivity index is 1.91. The molecule has 0 spiro atoms. The summed E-state index contributed by atoms with van der Waals surface area (Å²) in [5.74, 6) is 1.39. The average Bonchev–Trinajstić information content (AvgIpc) is 2.67. The number of aliphatic hydroxyl groups excluding tert-OH is 4. The van der Waals surface area contributed by atoms with Gasteiger partial charge in [-0.05, 0) is 35.4 Å². The van der Waals surface area contributed by atoms with E-state index in [1.807, 2.05) is 0 Å². The van der Waals surface area contributed by atoms with Gasteiger partial charge in [-0.1, -0.05) is 24.3 Å². The Bertz CT molecular complexity index is 596. The second-order valence-corrected chi connectivity index (χ2v) is 6.22. The summed E-state index contributed by atoms with van der Waals surface area (Å²) in [5.41, 5.74) is 1.57. The maximum absolute atomic E-state index is 10.2. The molecule has 0 aliphatic heterocycles. The predicted molar refractivity (Wildman–Crippen MR) is 97.4 cm³/mol. The molecule has 0 aliphatic rings. The Kier molecular flexibility index (Phi) is 7.41. The second kappa shape index (κ2) is 9.54. The third-order valence-electron chi connectivity index (χ3n) is 4.35. The molecule has 6 nitrogen and oxygen atoms in total. The topological polar surface area (TPSA) is 99.4 Å². The first-order chi connectivity index (χ1) is 12.4. The first-order valence-electron chi connectivity index (χ1n) is 8.42. The SMILES string of the molecule is COc1ccc(CC(O)[C@@H](O)[C@@H](O)C(O)Cc2ccc(OC)cc2)cc1. The maximum atomic E-state index is 10.2.